The van der Waals surface area contributed by atoms with Crippen LogP contribution >= 0.6 is 0 Å². The average molecular weight is 252 g/mol. The molecule has 0 aliphatic carbocycles. The minimum Gasteiger partial charge on any atom is -0.353 e. The molecule has 0 radical (unpaired) electrons. The first kappa shape index (κ1) is 16.4. The van der Waals surface area contributed by atoms with Crippen molar-refractivity contribution in [3.05, 3.63) is 25.3 Å². The summed E-state index contributed by atoms with van der Waals surface area (Å²) < 4.78 is 0. The van der Waals surface area contributed by atoms with E-state index in [1.807, 2.05) is 0 Å². The van der Waals surface area contributed by atoms with Crippen LogP contribution in [0, 0.1) is 0 Å². The smallest absolute Gasteiger partial charge is 0.243 e. The molecule has 0 aliphatic rings. The molecule has 0 spiro atoms. The summed E-state index contributed by atoms with van der Waals surface area (Å²) in [4.78, 5) is 21.7. The number of hydrogen-bond acceptors (Lipinski definition) is 2. The number of carbonyl (C=O) groups is 2. The molecule has 0 aromatic carbocycles. The maximum absolute atomic E-state index is 10.8. The third-order valence-electron chi connectivity index (χ3n) is 2.57. The second-order valence-electron chi connectivity index (χ2n) is 4.11. The normalized spacial score (nSPS) is 9.56. The fourth-order valence-electron chi connectivity index (χ4n) is 1.52. The number of rotatable bonds is 11. The minimum absolute atomic E-state index is 0.104. The van der Waals surface area contributed by atoms with Crippen molar-refractivity contribution in [1.29, 1.82) is 0 Å². The zero-order chi connectivity index (χ0) is 13.6. The second-order valence-corrected chi connectivity index (χ2v) is 4.11. The molecular weight excluding hydrogens is 228 g/mol. The van der Waals surface area contributed by atoms with E-state index in [1.165, 1.54) is 25.0 Å². The molecule has 0 fully saturated rings. The highest BCUT2D eigenvalue weighted by molar-refractivity contribution is 5.87. The van der Waals surface area contributed by atoms with Crippen molar-refractivity contribution in [2.24, 2.45) is 0 Å². The Balaban J connectivity index is 3.12. The summed E-state index contributed by atoms with van der Waals surface area (Å²) in [6, 6.07) is 0. The molecule has 0 saturated carbocycles. The lowest BCUT2D eigenvalue weighted by atomic mass is 10.1. The van der Waals surface area contributed by atoms with Gasteiger partial charge in [0.05, 0.1) is 0 Å². The van der Waals surface area contributed by atoms with Gasteiger partial charge in [0.2, 0.25) is 11.8 Å². The third kappa shape index (κ3) is 10.9. The molecule has 0 aliphatic heterocycles. The first-order chi connectivity index (χ1) is 8.70. The van der Waals surface area contributed by atoms with Crippen LogP contribution in [0.3, 0.4) is 0 Å². The van der Waals surface area contributed by atoms with Gasteiger partial charge < -0.3 is 10.6 Å². The van der Waals surface area contributed by atoms with E-state index >= 15 is 0 Å². The van der Waals surface area contributed by atoms with Gasteiger partial charge in [-0.15, -0.1) is 0 Å². The minimum atomic E-state index is -0.104. The summed E-state index contributed by atoms with van der Waals surface area (Å²) in [6.45, 7) is 8.22. The molecule has 0 unspecified atom stereocenters. The van der Waals surface area contributed by atoms with Gasteiger partial charge in [-0.2, -0.15) is 0 Å². The maximum Gasteiger partial charge on any atom is 0.243 e. The molecule has 0 aromatic rings. The van der Waals surface area contributed by atoms with Crippen LogP contribution < -0.4 is 10.6 Å². The molecule has 0 bridgehead atoms. The number of amides is 2. The largest absolute Gasteiger partial charge is 0.353 e. The molecule has 18 heavy (non-hydrogen) atoms. The van der Waals surface area contributed by atoms with Crippen LogP contribution in [0.1, 0.15) is 38.5 Å². The second kappa shape index (κ2) is 11.9. The van der Waals surface area contributed by atoms with E-state index in [4.69, 9.17) is 0 Å². The predicted octanol–water partition coefficient (Wildman–Crippen LogP) is 1.93. The van der Waals surface area contributed by atoms with E-state index < -0.39 is 0 Å². The summed E-state index contributed by atoms with van der Waals surface area (Å²) in [5.41, 5.74) is 0. The summed E-state index contributed by atoms with van der Waals surface area (Å²) in [7, 11) is 0. The SMILES string of the molecule is C=CC(=O)NCCCCCCCCNC(=O)C=C. The average Bonchev–Trinajstić information content (AvgIpc) is 2.40. The van der Waals surface area contributed by atoms with Crippen molar-refractivity contribution in [2.75, 3.05) is 13.1 Å². The standard InChI is InChI=1S/C14H24N2O2/c1-3-13(17)15-11-9-7-5-6-8-10-12-16-14(18)4-2/h3-4H,1-2,5-12H2,(H,15,17)(H,16,18). The quantitative estimate of drug-likeness (QED) is 0.436. The molecule has 0 heterocycles. The van der Waals surface area contributed by atoms with Crippen molar-refractivity contribution < 1.29 is 9.59 Å². The van der Waals surface area contributed by atoms with Crippen LogP contribution in [0.25, 0.3) is 0 Å². The van der Waals surface area contributed by atoms with E-state index in [-0.39, 0.29) is 11.8 Å². The topological polar surface area (TPSA) is 58.2 Å². The van der Waals surface area contributed by atoms with Gasteiger partial charge >= 0.3 is 0 Å². The highest BCUT2D eigenvalue weighted by Crippen LogP contribution is 2.04. The van der Waals surface area contributed by atoms with Crippen LogP contribution in [0.2, 0.25) is 0 Å². The van der Waals surface area contributed by atoms with Gasteiger partial charge in [0.1, 0.15) is 0 Å². The van der Waals surface area contributed by atoms with Gasteiger partial charge in [-0.1, -0.05) is 38.8 Å². The summed E-state index contributed by atoms with van der Waals surface area (Å²) >= 11 is 0. The van der Waals surface area contributed by atoms with Crippen molar-refractivity contribution in [3.63, 3.8) is 0 Å². The van der Waals surface area contributed by atoms with E-state index in [0.29, 0.717) is 0 Å². The first-order valence-corrected chi connectivity index (χ1v) is 6.51. The Morgan fingerprint density at radius 2 is 1.06 bits per heavy atom. The molecular formula is C14H24N2O2. The molecule has 4 heteroatoms. The van der Waals surface area contributed by atoms with Crippen molar-refractivity contribution >= 4 is 11.8 Å². The Labute approximate surface area is 110 Å². The van der Waals surface area contributed by atoms with Gasteiger partial charge in [0.25, 0.3) is 0 Å². The van der Waals surface area contributed by atoms with Crippen molar-refractivity contribution in [1.82, 2.24) is 10.6 Å². The molecule has 0 rings (SSSR count). The van der Waals surface area contributed by atoms with E-state index in [2.05, 4.69) is 23.8 Å². The molecule has 0 atom stereocenters. The van der Waals surface area contributed by atoms with Gasteiger partial charge in [0.15, 0.2) is 0 Å². The number of unbranched alkanes of at least 4 members (excludes halogenated alkanes) is 5. The Bertz CT molecular complexity index is 247. The molecule has 102 valence electrons. The van der Waals surface area contributed by atoms with Gasteiger partial charge in [-0.05, 0) is 25.0 Å². The monoisotopic (exact) mass is 252 g/mol. The predicted molar refractivity (Wildman–Crippen MR) is 74.1 cm³/mol. The van der Waals surface area contributed by atoms with Gasteiger partial charge in [0, 0.05) is 13.1 Å². The molecule has 2 N–H and O–H groups in total. The van der Waals surface area contributed by atoms with E-state index in [1.54, 1.807) is 0 Å². The first-order valence-electron chi connectivity index (χ1n) is 6.51. The van der Waals surface area contributed by atoms with Crippen LogP contribution in [0.5, 0.6) is 0 Å². The summed E-state index contributed by atoms with van der Waals surface area (Å²) in [6.07, 6.45) is 9.17. The van der Waals surface area contributed by atoms with Crippen LogP contribution in [0.15, 0.2) is 25.3 Å². The molecule has 4 nitrogen and oxygen atoms in total. The van der Waals surface area contributed by atoms with Crippen LogP contribution in [0.4, 0.5) is 0 Å². The maximum atomic E-state index is 10.8. The van der Waals surface area contributed by atoms with Crippen LogP contribution in [-0.2, 0) is 9.59 Å². The van der Waals surface area contributed by atoms with E-state index in [9.17, 15) is 9.59 Å². The Morgan fingerprint density at radius 3 is 1.39 bits per heavy atom. The number of hydrogen-bond donors (Lipinski definition) is 2. The van der Waals surface area contributed by atoms with Crippen LogP contribution in [-0.4, -0.2) is 24.9 Å². The van der Waals surface area contributed by atoms with Crippen molar-refractivity contribution in [2.45, 2.75) is 38.5 Å². The molecule has 2 amide bonds. The van der Waals surface area contributed by atoms with E-state index in [0.717, 1.165) is 38.8 Å². The summed E-state index contributed by atoms with van der Waals surface area (Å²) in [5, 5.41) is 5.50. The fraction of sp³-hybridized carbons (Fsp3) is 0.571. The Kier molecular flexibility index (Phi) is 10.8. The lowest BCUT2D eigenvalue weighted by molar-refractivity contribution is -0.117. The zero-order valence-electron chi connectivity index (χ0n) is 11.0. The third-order valence-corrected chi connectivity index (χ3v) is 2.57. The van der Waals surface area contributed by atoms with Gasteiger partial charge in [-0.25, -0.2) is 0 Å². The number of carbonyl (C=O) groups excluding carboxylic acids is 2. The van der Waals surface area contributed by atoms with Crippen molar-refractivity contribution in [3.8, 4) is 0 Å². The highest BCUT2D eigenvalue weighted by atomic mass is 16.2. The fourth-order valence-corrected chi connectivity index (χ4v) is 1.52. The lowest BCUT2D eigenvalue weighted by Crippen LogP contribution is -2.21. The molecule has 0 saturated heterocycles. The molecule has 0 aromatic heterocycles. The highest BCUT2D eigenvalue weighted by Gasteiger charge is 1.95. The number of nitrogens with one attached hydrogen (secondary N) is 2. The van der Waals surface area contributed by atoms with Gasteiger partial charge in [-0.3, -0.25) is 9.59 Å². The zero-order valence-corrected chi connectivity index (χ0v) is 11.0. The Morgan fingerprint density at radius 1 is 0.722 bits per heavy atom. The Hall–Kier alpha value is -1.58. The lowest BCUT2D eigenvalue weighted by Gasteiger charge is -2.03. The summed E-state index contributed by atoms with van der Waals surface area (Å²) in [5.74, 6) is -0.207.